The third kappa shape index (κ3) is 4.56. The molecule has 21 heavy (non-hydrogen) atoms. The largest absolute Gasteiger partial charge is 0.503 e. The molecule has 0 aliphatic carbocycles. The molecule has 0 saturated heterocycles. The van der Waals surface area contributed by atoms with Gasteiger partial charge in [0.25, 0.3) is 0 Å². The second-order valence-corrected chi connectivity index (χ2v) is 5.10. The number of nitrogens with zero attached hydrogens (tertiary/aromatic N) is 2. The molecule has 6 heteroatoms. The number of aromatic hydroxyl groups is 1. The second kappa shape index (κ2) is 8.81. The fourth-order valence-corrected chi connectivity index (χ4v) is 2.52. The summed E-state index contributed by atoms with van der Waals surface area (Å²) < 4.78 is 1.63. The first-order chi connectivity index (χ1) is 10.1. The third-order valence-electron chi connectivity index (χ3n) is 3.42. The highest BCUT2D eigenvalue weighted by atomic mass is 16.3. The molecule has 1 aromatic rings. The van der Waals surface area contributed by atoms with Gasteiger partial charge in [0, 0.05) is 24.8 Å². The molecule has 0 aromatic carbocycles. The molecule has 0 spiro atoms. The number of hydrogen-bond acceptors (Lipinski definition) is 5. The number of pyridine rings is 1. The van der Waals surface area contributed by atoms with Crippen LogP contribution in [0.4, 0.5) is 0 Å². The molecule has 1 rings (SSSR count). The van der Waals surface area contributed by atoms with Crippen LogP contribution < -0.4 is 5.43 Å². The summed E-state index contributed by atoms with van der Waals surface area (Å²) in [5, 5.41) is 28.7. The monoisotopic (exact) mass is 298 g/mol. The Balaban J connectivity index is 3.23. The molecule has 0 unspecified atom stereocenters. The zero-order valence-corrected chi connectivity index (χ0v) is 12.9. The first-order valence-electron chi connectivity index (χ1n) is 7.47. The molecule has 0 fully saturated rings. The Bertz CT molecular complexity index is 493. The number of aromatic nitrogens is 1. The maximum atomic E-state index is 11.8. The topological polar surface area (TPSA) is 85.9 Å². The van der Waals surface area contributed by atoms with Gasteiger partial charge in [-0.1, -0.05) is 13.8 Å². The van der Waals surface area contributed by atoms with Crippen LogP contribution in [0.2, 0.25) is 0 Å². The van der Waals surface area contributed by atoms with Crippen molar-refractivity contribution in [3.8, 4) is 5.75 Å². The van der Waals surface area contributed by atoms with Gasteiger partial charge in [0.15, 0.2) is 5.75 Å². The van der Waals surface area contributed by atoms with E-state index >= 15 is 0 Å². The third-order valence-corrected chi connectivity index (χ3v) is 3.42. The van der Waals surface area contributed by atoms with Crippen LogP contribution in [0, 0.1) is 0 Å². The normalized spacial score (nSPS) is 11.3. The maximum absolute atomic E-state index is 11.8. The molecule has 1 heterocycles. The predicted octanol–water partition coefficient (Wildman–Crippen LogP) is 0.661. The van der Waals surface area contributed by atoms with Crippen LogP contribution in [-0.4, -0.2) is 44.5 Å². The number of aliphatic hydroxyl groups is 2. The van der Waals surface area contributed by atoms with E-state index in [0.717, 1.165) is 25.9 Å². The maximum Gasteiger partial charge on any atom is 0.223 e. The summed E-state index contributed by atoms with van der Waals surface area (Å²) in [4.78, 5) is 14.0. The summed E-state index contributed by atoms with van der Waals surface area (Å²) in [7, 11) is 0. The molecule has 0 atom stereocenters. The minimum Gasteiger partial charge on any atom is -0.503 e. The number of aliphatic hydroxyl groups excluding tert-OH is 2. The van der Waals surface area contributed by atoms with E-state index in [-0.39, 0.29) is 25.5 Å². The Hall–Kier alpha value is -1.37. The van der Waals surface area contributed by atoms with Gasteiger partial charge in [0.05, 0.1) is 18.9 Å². The van der Waals surface area contributed by atoms with Gasteiger partial charge in [-0.25, -0.2) is 0 Å². The average molecular weight is 298 g/mol. The zero-order valence-electron chi connectivity index (χ0n) is 12.9. The van der Waals surface area contributed by atoms with Crippen LogP contribution in [-0.2, 0) is 19.7 Å². The van der Waals surface area contributed by atoms with Crippen molar-refractivity contribution in [2.75, 3.05) is 19.7 Å². The molecule has 0 amide bonds. The van der Waals surface area contributed by atoms with Crippen molar-refractivity contribution < 1.29 is 15.3 Å². The lowest BCUT2D eigenvalue weighted by molar-refractivity contribution is 0.227. The molecule has 0 saturated carbocycles. The summed E-state index contributed by atoms with van der Waals surface area (Å²) in [6, 6.07) is 1.22. The van der Waals surface area contributed by atoms with E-state index in [0.29, 0.717) is 17.9 Å². The number of rotatable bonds is 9. The molecule has 1 aromatic heterocycles. The molecular formula is C15H26N2O4. The lowest BCUT2D eigenvalue weighted by Gasteiger charge is -2.25. The van der Waals surface area contributed by atoms with Gasteiger partial charge >= 0.3 is 0 Å². The van der Waals surface area contributed by atoms with Gasteiger partial charge in [-0.3, -0.25) is 9.69 Å². The SMILES string of the molecule is CCCN(CCC)Cc1c(O)c(=O)cc(CO)n1CCO. The Morgan fingerprint density at radius 1 is 1.19 bits per heavy atom. The number of hydrogen-bond donors (Lipinski definition) is 3. The highest BCUT2D eigenvalue weighted by molar-refractivity contribution is 5.30. The van der Waals surface area contributed by atoms with Crippen molar-refractivity contribution in [1.29, 1.82) is 0 Å². The molecule has 0 radical (unpaired) electrons. The summed E-state index contributed by atoms with van der Waals surface area (Å²) in [6.07, 6.45) is 1.95. The average Bonchev–Trinajstić information content (AvgIpc) is 2.47. The quantitative estimate of drug-likeness (QED) is 0.623. The Labute approximate surface area is 125 Å². The highest BCUT2D eigenvalue weighted by Gasteiger charge is 2.17. The second-order valence-electron chi connectivity index (χ2n) is 5.10. The van der Waals surface area contributed by atoms with E-state index in [9.17, 15) is 20.1 Å². The van der Waals surface area contributed by atoms with E-state index in [2.05, 4.69) is 18.7 Å². The highest BCUT2D eigenvalue weighted by Crippen LogP contribution is 2.18. The van der Waals surface area contributed by atoms with Gasteiger partial charge in [0.1, 0.15) is 0 Å². The van der Waals surface area contributed by atoms with Gasteiger partial charge in [-0.15, -0.1) is 0 Å². The van der Waals surface area contributed by atoms with Crippen LogP contribution in [0.25, 0.3) is 0 Å². The van der Waals surface area contributed by atoms with Gasteiger partial charge < -0.3 is 19.9 Å². The smallest absolute Gasteiger partial charge is 0.223 e. The fourth-order valence-electron chi connectivity index (χ4n) is 2.52. The molecule has 120 valence electrons. The van der Waals surface area contributed by atoms with Crippen LogP contribution in [0.3, 0.4) is 0 Å². The molecule has 6 nitrogen and oxygen atoms in total. The molecule has 0 aliphatic rings. The van der Waals surface area contributed by atoms with Crippen molar-refractivity contribution in [3.63, 3.8) is 0 Å². The summed E-state index contributed by atoms with van der Waals surface area (Å²) in [6.45, 7) is 6.13. The molecule has 0 aliphatic heterocycles. The summed E-state index contributed by atoms with van der Waals surface area (Å²) >= 11 is 0. The Kier molecular flexibility index (Phi) is 7.42. The van der Waals surface area contributed by atoms with Crippen molar-refractivity contribution in [2.45, 2.75) is 46.4 Å². The Morgan fingerprint density at radius 2 is 1.81 bits per heavy atom. The van der Waals surface area contributed by atoms with E-state index < -0.39 is 5.43 Å². The minimum atomic E-state index is -0.490. The molecule has 3 N–H and O–H groups in total. The van der Waals surface area contributed by atoms with Crippen molar-refractivity contribution in [2.24, 2.45) is 0 Å². The van der Waals surface area contributed by atoms with Crippen LogP contribution in [0.1, 0.15) is 38.1 Å². The first-order valence-corrected chi connectivity index (χ1v) is 7.47. The van der Waals surface area contributed by atoms with Crippen LogP contribution in [0.15, 0.2) is 10.9 Å². The van der Waals surface area contributed by atoms with E-state index in [4.69, 9.17) is 0 Å². The van der Waals surface area contributed by atoms with Gasteiger partial charge in [-0.05, 0) is 25.9 Å². The van der Waals surface area contributed by atoms with Crippen molar-refractivity contribution >= 4 is 0 Å². The molecular weight excluding hydrogens is 272 g/mol. The zero-order chi connectivity index (χ0) is 15.8. The fraction of sp³-hybridized carbons (Fsp3) is 0.667. The Morgan fingerprint density at radius 3 is 2.29 bits per heavy atom. The van der Waals surface area contributed by atoms with Crippen LogP contribution >= 0.6 is 0 Å². The first kappa shape index (κ1) is 17.7. The van der Waals surface area contributed by atoms with E-state index in [1.807, 2.05) is 0 Å². The summed E-state index contributed by atoms with van der Waals surface area (Å²) in [5.41, 5.74) is 0.383. The van der Waals surface area contributed by atoms with E-state index in [1.165, 1.54) is 6.07 Å². The van der Waals surface area contributed by atoms with Gasteiger partial charge in [0.2, 0.25) is 5.43 Å². The minimum absolute atomic E-state index is 0.121. The predicted molar refractivity (Wildman–Crippen MR) is 81.2 cm³/mol. The molecule has 0 bridgehead atoms. The summed E-state index contributed by atoms with van der Waals surface area (Å²) in [5.74, 6) is -0.294. The van der Waals surface area contributed by atoms with Crippen molar-refractivity contribution in [3.05, 3.63) is 27.7 Å². The van der Waals surface area contributed by atoms with Crippen molar-refractivity contribution in [1.82, 2.24) is 9.47 Å². The van der Waals surface area contributed by atoms with E-state index in [1.54, 1.807) is 4.57 Å². The van der Waals surface area contributed by atoms with Crippen LogP contribution in [0.5, 0.6) is 5.75 Å². The standard InChI is InChI=1S/C15H26N2O4/c1-3-5-16(6-4-2)10-13-15(21)14(20)9-12(11-19)17(13)7-8-18/h9,18-19,21H,3-8,10-11H2,1-2H3. The van der Waals surface area contributed by atoms with Gasteiger partial charge in [-0.2, -0.15) is 0 Å². The lowest BCUT2D eigenvalue weighted by atomic mass is 10.2. The lowest BCUT2D eigenvalue weighted by Crippen LogP contribution is -2.29.